The van der Waals surface area contributed by atoms with Crippen LogP contribution in [0, 0.1) is 5.41 Å². The van der Waals surface area contributed by atoms with Crippen molar-refractivity contribution >= 4 is 5.78 Å². The van der Waals surface area contributed by atoms with Crippen molar-refractivity contribution in [2.75, 3.05) is 0 Å². The molecule has 0 aliphatic carbocycles. The third-order valence-corrected chi connectivity index (χ3v) is 2.00. The molecule has 11 heteroatoms. The van der Waals surface area contributed by atoms with Crippen molar-refractivity contribution in [3.63, 3.8) is 0 Å². The first kappa shape index (κ1) is 17.6. The molecule has 0 aliphatic heterocycles. The number of aliphatic hydroxyl groups is 1. The first-order chi connectivity index (χ1) is 8.09. The van der Waals surface area contributed by atoms with Crippen LogP contribution in [0.3, 0.4) is 0 Å². The van der Waals surface area contributed by atoms with Gasteiger partial charge in [0.1, 0.15) is 5.76 Å². The Labute approximate surface area is 99.0 Å². The lowest BCUT2D eigenvalue weighted by Crippen LogP contribution is -2.60. The van der Waals surface area contributed by atoms with Gasteiger partial charge in [0.05, 0.1) is 0 Å². The number of ketones is 1. The van der Waals surface area contributed by atoms with Crippen LogP contribution < -0.4 is 0 Å². The maximum atomic E-state index is 12.3. The van der Waals surface area contributed by atoms with E-state index < -0.39 is 41.6 Å². The minimum atomic E-state index is -6.93. The molecule has 0 aromatic rings. The third kappa shape index (κ3) is 2.78. The first-order valence-electron chi connectivity index (χ1n) is 4.21. The van der Waals surface area contributed by atoms with Crippen LogP contribution in [-0.2, 0) is 4.79 Å². The summed E-state index contributed by atoms with van der Waals surface area (Å²) < 4.78 is 111. The van der Waals surface area contributed by atoms with E-state index in [1.165, 1.54) is 0 Å². The van der Waals surface area contributed by atoms with E-state index in [1.807, 2.05) is 0 Å². The Kier molecular flexibility index (Phi) is 4.26. The monoisotopic (exact) mass is 304 g/mol. The molecule has 0 saturated carbocycles. The second kappa shape index (κ2) is 4.60. The fourth-order valence-electron chi connectivity index (χ4n) is 1.22. The van der Waals surface area contributed by atoms with Crippen molar-refractivity contribution in [2.45, 2.75) is 25.5 Å². The average molecular weight is 304 g/mol. The molecule has 0 heterocycles. The number of carbonyl (C=O) groups is 1. The van der Waals surface area contributed by atoms with Gasteiger partial charge in [0.2, 0.25) is 0 Å². The van der Waals surface area contributed by atoms with Crippen LogP contribution in [-0.4, -0.2) is 29.4 Å². The molecule has 0 rings (SSSR count). The normalized spacial score (nSPS) is 15.6. The van der Waals surface area contributed by atoms with E-state index in [0.717, 1.165) is 0 Å². The third-order valence-electron chi connectivity index (χ3n) is 2.00. The number of hydrogen-bond acceptors (Lipinski definition) is 2. The lowest BCUT2D eigenvalue weighted by Gasteiger charge is -2.37. The zero-order valence-corrected chi connectivity index (χ0v) is 8.83. The highest BCUT2D eigenvalue weighted by Crippen LogP contribution is 2.62. The fourth-order valence-corrected chi connectivity index (χ4v) is 1.22. The standard InChI is InChI=1S/C8H5F9O2/c1-3(18)2-4(19)5(6(9,10)11,7(12,13)14)8(15,16)17/h2,19H,1H3/b4-2-. The summed E-state index contributed by atoms with van der Waals surface area (Å²) in [5, 5.41) is 8.62. The summed E-state index contributed by atoms with van der Waals surface area (Å²) in [5.41, 5.74) is -6.50. The number of rotatable bonds is 2. The van der Waals surface area contributed by atoms with Gasteiger partial charge in [0.15, 0.2) is 5.78 Å². The number of alkyl halides is 9. The van der Waals surface area contributed by atoms with Crippen molar-refractivity contribution in [3.05, 3.63) is 11.8 Å². The van der Waals surface area contributed by atoms with Gasteiger partial charge < -0.3 is 5.11 Å². The molecule has 0 aliphatic rings. The minimum Gasteiger partial charge on any atom is -0.510 e. The van der Waals surface area contributed by atoms with Gasteiger partial charge in [-0.2, -0.15) is 39.5 Å². The second-order valence-electron chi connectivity index (χ2n) is 3.38. The minimum absolute atomic E-state index is 0.379. The average Bonchev–Trinajstić information content (AvgIpc) is 1.91. The van der Waals surface area contributed by atoms with Crippen LogP contribution in [0.25, 0.3) is 0 Å². The summed E-state index contributed by atoms with van der Waals surface area (Å²) in [6.07, 6.45) is -21.6. The quantitative estimate of drug-likeness (QED) is 0.480. The Bertz CT molecular complexity index is 348. The zero-order chi connectivity index (χ0) is 15.9. The Balaban J connectivity index is 6.53. The van der Waals surface area contributed by atoms with Gasteiger partial charge in [-0.25, -0.2) is 0 Å². The molecular weight excluding hydrogens is 299 g/mol. The molecule has 0 amide bonds. The molecule has 112 valence electrons. The summed E-state index contributed by atoms with van der Waals surface area (Å²) in [6, 6.07) is 0. The Morgan fingerprint density at radius 1 is 0.842 bits per heavy atom. The highest BCUT2D eigenvalue weighted by Gasteiger charge is 2.86. The van der Waals surface area contributed by atoms with Gasteiger partial charge in [0, 0.05) is 6.08 Å². The predicted molar refractivity (Wildman–Crippen MR) is 42.0 cm³/mol. The van der Waals surface area contributed by atoms with Gasteiger partial charge >= 0.3 is 23.9 Å². The summed E-state index contributed by atoms with van der Waals surface area (Å²) in [5.74, 6) is -4.79. The van der Waals surface area contributed by atoms with E-state index in [2.05, 4.69) is 0 Å². The molecule has 0 aromatic heterocycles. The molecule has 0 radical (unpaired) electrons. The largest absolute Gasteiger partial charge is 0.510 e. The molecule has 0 unspecified atom stereocenters. The molecule has 0 fully saturated rings. The number of halogens is 9. The molecular formula is C8H5F9O2. The van der Waals surface area contributed by atoms with Crippen LogP contribution in [0.15, 0.2) is 11.8 Å². The Morgan fingerprint density at radius 3 is 1.26 bits per heavy atom. The zero-order valence-electron chi connectivity index (χ0n) is 8.83. The molecule has 0 atom stereocenters. The van der Waals surface area contributed by atoms with Gasteiger partial charge in [-0.05, 0) is 6.92 Å². The number of allylic oxidation sites excluding steroid dienone is 2. The number of aliphatic hydroxyl groups excluding tert-OH is 1. The smallest absolute Gasteiger partial charge is 0.419 e. The van der Waals surface area contributed by atoms with Crippen molar-refractivity contribution < 1.29 is 49.4 Å². The van der Waals surface area contributed by atoms with Gasteiger partial charge in [0.25, 0.3) is 0 Å². The lowest BCUT2D eigenvalue weighted by molar-refractivity contribution is -0.418. The van der Waals surface area contributed by atoms with Crippen LogP contribution >= 0.6 is 0 Å². The molecule has 0 spiro atoms. The molecule has 0 aromatic carbocycles. The predicted octanol–water partition coefficient (Wildman–Crippen LogP) is 3.69. The van der Waals surface area contributed by atoms with Gasteiger partial charge in [-0.3, -0.25) is 4.79 Å². The highest BCUT2D eigenvalue weighted by atomic mass is 19.4. The van der Waals surface area contributed by atoms with Crippen LogP contribution in [0.1, 0.15) is 6.92 Å². The lowest BCUT2D eigenvalue weighted by atomic mass is 9.82. The molecule has 1 N–H and O–H groups in total. The second-order valence-corrected chi connectivity index (χ2v) is 3.38. The van der Waals surface area contributed by atoms with E-state index in [1.54, 1.807) is 0 Å². The van der Waals surface area contributed by atoms with Crippen molar-refractivity contribution in [1.29, 1.82) is 0 Å². The highest BCUT2D eigenvalue weighted by molar-refractivity contribution is 5.87. The Morgan fingerprint density at radius 2 is 1.11 bits per heavy atom. The topological polar surface area (TPSA) is 37.3 Å². The van der Waals surface area contributed by atoms with Gasteiger partial charge in [-0.15, -0.1) is 0 Å². The Hall–Kier alpha value is -1.42. The van der Waals surface area contributed by atoms with E-state index in [-0.39, 0.29) is 0 Å². The molecule has 0 saturated heterocycles. The summed E-state index contributed by atoms with van der Waals surface area (Å²) in [6.45, 7) is 0.379. The van der Waals surface area contributed by atoms with E-state index in [9.17, 15) is 44.3 Å². The van der Waals surface area contributed by atoms with E-state index >= 15 is 0 Å². The summed E-state index contributed by atoms with van der Waals surface area (Å²) in [7, 11) is 0. The van der Waals surface area contributed by atoms with Crippen LogP contribution in [0.4, 0.5) is 39.5 Å². The number of hydrogen-bond donors (Lipinski definition) is 1. The molecule has 19 heavy (non-hydrogen) atoms. The fraction of sp³-hybridized carbons (Fsp3) is 0.625. The van der Waals surface area contributed by atoms with Crippen LogP contribution in [0.2, 0.25) is 0 Å². The van der Waals surface area contributed by atoms with Crippen molar-refractivity contribution in [2.24, 2.45) is 5.41 Å². The maximum absolute atomic E-state index is 12.3. The summed E-state index contributed by atoms with van der Waals surface area (Å²) >= 11 is 0. The maximum Gasteiger partial charge on any atom is 0.419 e. The van der Waals surface area contributed by atoms with E-state index in [0.29, 0.717) is 6.92 Å². The van der Waals surface area contributed by atoms with Crippen molar-refractivity contribution in [1.82, 2.24) is 0 Å². The first-order valence-corrected chi connectivity index (χ1v) is 4.21. The number of carbonyl (C=O) groups excluding carboxylic acids is 1. The van der Waals surface area contributed by atoms with Gasteiger partial charge in [-0.1, -0.05) is 0 Å². The summed E-state index contributed by atoms with van der Waals surface area (Å²) in [4.78, 5) is 10.3. The van der Waals surface area contributed by atoms with Crippen molar-refractivity contribution in [3.8, 4) is 0 Å². The van der Waals surface area contributed by atoms with Crippen LogP contribution in [0.5, 0.6) is 0 Å². The van der Waals surface area contributed by atoms with E-state index in [4.69, 9.17) is 5.11 Å². The molecule has 0 bridgehead atoms. The molecule has 2 nitrogen and oxygen atoms in total. The SMILES string of the molecule is CC(=O)/C=C(\O)C(C(F)(F)F)(C(F)(F)F)C(F)(F)F.